The average molecular weight is 294 g/mol. The highest BCUT2D eigenvalue weighted by Gasteiger charge is 2.34. The minimum atomic E-state index is 0.216. The number of fused-ring (bicyclic) bond motifs is 2. The molecular weight excluding hydrogens is 264 g/mol. The molecule has 1 amide bonds. The molecule has 2 unspecified atom stereocenters. The highest BCUT2D eigenvalue weighted by atomic mass is 16.5. The van der Waals surface area contributed by atoms with Gasteiger partial charge >= 0.3 is 0 Å². The molecule has 2 saturated heterocycles. The van der Waals surface area contributed by atoms with Crippen molar-refractivity contribution in [3.8, 4) is 0 Å². The van der Waals surface area contributed by atoms with Crippen LogP contribution in [0.4, 0.5) is 0 Å². The van der Waals surface area contributed by atoms with E-state index >= 15 is 0 Å². The number of carbonyl (C=O) groups is 1. The van der Waals surface area contributed by atoms with Crippen LogP contribution in [-0.4, -0.2) is 37.2 Å². The lowest BCUT2D eigenvalue weighted by molar-refractivity contribution is -0.122. The van der Waals surface area contributed by atoms with E-state index in [2.05, 4.69) is 10.6 Å². The summed E-state index contributed by atoms with van der Waals surface area (Å²) in [4.78, 5) is 12.0. The van der Waals surface area contributed by atoms with Gasteiger partial charge in [-0.15, -0.1) is 0 Å². The molecule has 3 fully saturated rings. The third kappa shape index (κ3) is 4.68. The lowest BCUT2D eigenvalue weighted by Gasteiger charge is -2.28. The zero-order valence-electron chi connectivity index (χ0n) is 13.1. The minimum Gasteiger partial charge on any atom is -0.376 e. The first-order valence-corrected chi connectivity index (χ1v) is 8.94. The largest absolute Gasteiger partial charge is 0.376 e. The zero-order chi connectivity index (χ0) is 14.5. The molecule has 120 valence electrons. The van der Waals surface area contributed by atoms with Crippen molar-refractivity contribution in [2.75, 3.05) is 13.2 Å². The Morgan fingerprint density at radius 2 is 1.76 bits per heavy atom. The highest BCUT2D eigenvalue weighted by molar-refractivity contribution is 5.76. The van der Waals surface area contributed by atoms with Crippen molar-refractivity contribution in [2.45, 2.75) is 82.4 Å². The molecule has 1 aliphatic carbocycles. The van der Waals surface area contributed by atoms with Crippen LogP contribution >= 0.6 is 0 Å². The first-order chi connectivity index (χ1) is 10.3. The van der Waals surface area contributed by atoms with Crippen LogP contribution in [0.1, 0.15) is 64.2 Å². The second kappa shape index (κ2) is 7.59. The normalized spacial score (nSPS) is 33.0. The number of carbonyl (C=O) groups excluding carboxylic acids is 1. The molecule has 2 bridgehead atoms. The van der Waals surface area contributed by atoms with Gasteiger partial charge in [-0.2, -0.15) is 0 Å². The van der Waals surface area contributed by atoms with E-state index in [1.807, 2.05) is 0 Å². The SMILES string of the molecule is O=C(CC1CC2CCC(C1)N2)NCCOC1CCCCC1. The molecule has 3 aliphatic rings. The fourth-order valence-corrected chi connectivity index (χ4v) is 4.32. The Hall–Kier alpha value is -0.610. The maximum atomic E-state index is 12.0. The number of piperidine rings is 1. The van der Waals surface area contributed by atoms with Crippen molar-refractivity contribution in [2.24, 2.45) is 5.92 Å². The summed E-state index contributed by atoms with van der Waals surface area (Å²) in [5.41, 5.74) is 0. The molecule has 2 aliphatic heterocycles. The highest BCUT2D eigenvalue weighted by Crippen LogP contribution is 2.32. The third-order valence-electron chi connectivity index (χ3n) is 5.37. The number of hydrogen-bond acceptors (Lipinski definition) is 3. The second-order valence-electron chi connectivity index (χ2n) is 7.16. The molecule has 1 saturated carbocycles. The van der Waals surface area contributed by atoms with Crippen molar-refractivity contribution in [3.63, 3.8) is 0 Å². The fourth-order valence-electron chi connectivity index (χ4n) is 4.32. The first kappa shape index (κ1) is 15.3. The van der Waals surface area contributed by atoms with Gasteiger partial charge in [0.25, 0.3) is 0 Å². The van der Waals surface area contributed by atoms with Crippen LogP contribution in [0.2, 0.25) is 0 Å². The van der Waals surface area contributed by atoms with Gasteiger partial charge in [-0.3, -0.25) is 4.79 Å². The maximum absolute atomic E-state index is 12.0. The summed E-state index contributed by atoms with van der Waals surface area (Å²) in [5.74, 6) is 0.802. The van der Waals surface area contributed by atoms with E-state index < -0.39 is 0 Å². The van der Waals surface area contributed by atoms with Gasteiger partial charge in [-0.1, -0.05) is 19.3 Å². The molecule has 0 aromatic rings. The maximum Gasteiger partial charge on any atom is 0.220 e. The molecule has 4 heteroatoms. The number of rotatable bonds is 6. The molecule has 2 N–H and O–H groups in total. The molecular formula is C17H30N2O2. The van der Waals surface area contributed by atoms with Crippen LogP contribution in [0.15, 0.2) is 0 Å². The Balaban J connectivity index is 1.26. The van der Waals surface area contributed by atoms with Gasteiger partial charge in [0.1, 0.15) is 0 Å². The first-order valence-electron chi connectivity index (χ1n) is 8.94. The van der Waals surface area contributed by atoms with Crippen LogP contribution in [0.3, 0.4) is 0 Å². The van der Waals surface area contributed by atoms with E-state index in [0.717, 1.165) is 0 Å². The third-order valence-corrected chi connectivity index (χ3v) is 5.37. The van der Waals surface area contributed by atoms with E-state index in [1.165, 1.54) is 57.8 Å². The van der Waals surface area contributed by atoms with Gasteiger partial charge in [0.2, 0.25) is 5.91 Å². The summed E-state index contributed by atoms with van der Waals surface area (Å²) >= 11 is 0. The standard InChI is InChI=1S/C17H30N2O2/c20-17(12-13-10-14-6-7-15(11-13)19-14)18-8-9-21-16-4-2-1-3-5-16/h13-16,19H,1-12H2,(H,18,20). The average Bonchev–Trinajstić information content (AvgIpc) is 2.84. The summed E-state index contributed by atoms with van der Waals surface area (Å²) in [7, 11) is 0. The summed E-state index contributed by atoms with van der Waals surface area (Å²) in [6.07, 6.45) is 12.5. The van der Waals surface area contributed by atoms with Crippen molar-refractivity contribution < 1.29 is 9.53 Å². The Morgan fingerprint density at radius 3 is 2.48 bits per heavy atom. The van der Waals surface area contributed by atoms with E-state index in [1.54, 1.807) is 0 Å². The molecule has 21 heavy (non-hydrogen) atoms. The van der Waals surface area contributed by atoms with Gasteiger partial charge in [-0.05, 0) is 44.4 Å². The van der Waals surface area contributed by atoms with Gasteiger partial charge < -0.3 is 15.4 Å². The van der Waals surface area contributed by atoms with Gasteiger partial charge in [0.05, 0.1) is 12.7 Å². The van der Waals surface area contributed by atoms with Crippen LogP contribution < -0.4 is 10.6 Å². The van der Waals surface area contributed by atoms with Crippen LogP contribution in [-0.2, 0) is 9.53 Å². The fraction of sp³-hybridized carbons (Fsp3) is 0.941. The predicted octanol–water partition coefficient (Wildman–Crippen LogP) is 2.37. The number of nitrogens with one attached hydrogen (secondary N) is 2. The second-order valence-corrected chi connectivity index (χ2v) is 7.16. The molecule has 0 radical (unpaired) electrons. The van der Waals surface area contributed by atoms with E-state index in [0.29, 0.717) is 43.7 Å². The number of ether oxygens (including phenoxy) is 1. The quantitative estimate of drug-likeness (QED) is 0.740. The van der Waals surface area contributed by atoms with Crippen LogP contribution in [0.5, 0.6) is 0 Å². The topological polar surface area (TPSA) is 50.4 Å². The Labute approximate surface area is 128 Å². The molecule has 2 atom stereocenters. The monoisotopic (exact) mass is 294 g/mol. The van der Waals surface area contributed by atoms with Crippen molar-refractivity contribution in [1.29, 1.82) is 0 Å². The van der Waals surface area contributed by atoms with Crippen molar-refractivity contribution in [3.05, 3.63) is 0 Å². The van der Waals surface area contributed by atoms with Gasteiger partial charge in [-0.25, -0.2) is 0 Å². The van der Waals surface area contributed by atoms with Crippen LogP contribution in [0, 0.1) is 5.92 Å². The molecule has 2 heterocycles. The predicted molar refractivity (Wildman–Crippen MR) is 83.1 cm³/mol. The van der Waals surface area contributed by atoms with Crippen molar-refractivity contribution >= 4 is 5.91 Å². The summed E-state index contributed by atoms with van der Waals surface area (Å²) in [5, 5.41) is 6.67. The molecule has 0 aromatic heterocycles. The molecule has 4 nitrogen and oxygen atoms in total. The Kier molecular flexibility index (Phi) is 5.53. The lowest BCUT2D eigenvalue weighted by atomic mass is 9.89. The van der Waals surface area contributed by atoms with E-state index in [4.69, 9.17) is 4.74 Å². The smallest absolute Gasteiger partial charge is 0.220 e. The van der Waals surface area contributed by atoms with Gasteiger partial charge in [0.15, 0.2) is 0 Å². The molecule has 0 spiro atoms. The van der Waals surface area contributed by atoms with Crippen LogP contribution in [0.25, 0.3) is 0 Å². The Bertz CT molecular complexity index is 330. The Morgan fingerprint density at radius 1 is 1.05 bits per heavy atom. The minimum absolute atomic E-state index is 0.216. The van der Waals surface area contributed by atoms with Crippen molar-refractivity contribution in [1.82, 2.24) is 10.6 Å². The number of amides is 1. The summed E-state index contributed by atoms with van der Waals surface area (Å²) < 4.78 is 5.84. The zero-order valence-corrected chi connectivity index (χ0v) is 13.1. The van der Waals surface area contributed by atoms with Gasteiger partial charge in [0, 0.05) is 25.0 Å². The molecule has 0 aromatic carbocycles. The van der Waals surface area contributed by atoms with E-state index in [-0.39, 0.29) is 5.91 Å². The molecule has 3 rings (SSSR count). The summed E-state index contributed by atoms with van der Waals surface area (Å²) in [6.45, 7) is 1.35. The summed E-state index contributed by atoms with van der Waals surface area (Å²) in [6, 6.07) is 1.35. The number of hydrogen-bond donors (Lipinski definition) is 2. The van der Waals surface area contributed by atoms with E-state index in [9.17, 15) is 4.79 Å². The lowest BCUT2D eigenvalue weighted by Crippen LogP contribution is -2.40.